The normalized spacial score (nSPS) is 11.1. The van der Waals surface area contributed by atoms with Gasteiger partial charge in [-0.2, -0.15) is 9.80 Å². The van der Waals surface area contributed by atoms with Crippen molar-refractivity contribution in [2.45, 2.75) is 0 Å². The zero-order valence-corrected chi connectivity index (χ0v) is 19.7. The molecular formula is C25H18N6O4S. The van der Waals surface area contributed by atoms with Gasteiger partial charge >= 0.3 is 5.56 Å². The third-order valence-electron chi connectivity index (χ3n) is 5.32. The Morgan fingerprint density at radius 3 is 2.36 bits per heavy atom. The highest BCUT2D eigenvalue weighted by atomic mass is 32.1. The highest BCUT2D eigenvalue weighted by Gasteiger charge is 2.20. The molecule has 0 aliphatic rings. The Kier molecular flexibility index (Phi) is 6.20. The van der Waals surface area contributed by atoms with E-state index < -0.39 is 10.5 Å². The molecule has 0 saturated heterocycles. The number of thiazole rings is 1. The van der Waals surface area contributed by atoms with Crippen LogP contribution >= 0.6 is 11.3 Å². The summed E-state index contributed by atoms with van der Waals surface area (Å²) in [6.45, 7) is 0. The standard InChI is InChI=1S/C25H18N6O4S/c1-35-20-13-9-18(10-14-20)27-28-23-22(17-7-11-19(12-8-17)31(33)34)29-30(24(23)32)25-26-21(15-36-25)16-5-3-2-4-6-16/h2-15,29H,1H3. The van der Waals surface area contributed by atoms with Gasteiger partial charge in [-0.05, 0) is 36.4 Å². The van der Waals surface area contributed by atoms with Crippen LogP contribution in [-0.4, -0.2) is 26.8 Å². The first kappa shape index (κ1) is 22.9. The first-order valence-electron chi connectivity index (χ1n) is 10.7. The highest BCUT2D eigenvalue weighted by molar-refractivity contribution is 7.12. The summed E-state index contributed by atoms with van der Waals surface area (Å²) in [7, 11) is 1.57. The van der Waals surface area contributed by atoms with Crippen molar-refractivity contribution in [2.24, 2.45) is 10.2 Å². The second-order valence-electron chi connectivity index (χ2n) is 7.56. The molecule has 11 heteroatoms. The Morgan fingerprint density at radius 1 is 0.972 bits per heavy atom. The summed E-state index contributed by atoms with van der Waals surface area (Å²) in [6, 6.07) is 22.4. The number of H-pyrrole nitrogens is 1. The van der Waals surface area contributed by atoms with Crippen LogP contribution in [0.3, 0.4) is 0 Å². The van der Waals surface area contributed by atoms with Crippen LogP contribution in [0.15, 0.2) is 99.3 Å². The predicted molar refractivity (Wildman–Crippen MR) is 137 cm³/mol. The molecule has 36 heavy (non-hydrogen) atoms. The SMILES string of the molecule is COc1ccc(N=Nc2c(-c3ccc([N+](=O)[O-])cc3)[nH]n(-c3nc(-c4ccccc4)cs3)c2=O)cc1. The topological polar surface area (TPSA) is 128 Å². The van der Waals surface area contributed by atoms with E-state index in [2.05, 4.69) is 20.3 Å². The fourth-order valence-electron chi connectivity index (χ4n) is 3.47. The minimum Gasteiger partial charge on any atom is -0.497 e. The molecule has 5 aromatic rings. The molecule has 0 unspecified atom stereocenters. The van der Waals surface area contributed by atoms with Crippen molar-refractivity contribution in [3.63, 3.8) is 0 Å². The second kappa shape index (κ2) is 9.76. The molecule has 0 radical (unpaired) electrons. The van der Waals surface area contributed by atoms with Gasteiger partial charge in [0.15, 0.2) is 5.69 Å². The van der Waals surface area contributed by atoms with Crippen molar-refractivity contribution < 1.29 is 9.66 Å². The van der Waals surface area contributed by atoms with Gasteiger partial charge in [-0.1, -0.05) is 30.3 Å². The molecule has 0 fully saturated rings. The maximum Gasteiger partial charge on any atom is 0.301 e. The molecule has 0 aliphatic heterocycles. The van der Waals surface area contributed by atoms with Crippen LogP contribution in [0.4, 0.5) is 17.1 Å². The van der Waals surface area contributed by atoms with E-state index >= 15 is 0 Å². The van der Waals surface area contributed by atoms with Crippen molar-refractivity contribution in [1.29, 1.82) is 0 Å². The maximum atomic E-state index is 13.4. The summed E-state index contributed by atoms with van der Waals surface area (Å²) in [4.78, 5) is 28.6. The van der Waals surface area contributed by atoms with Crippen molar-refractivity contribution in [2.75, 3.05) is 7.11 Å². The number of non-ortho nitro benzene ring substituents is 1. The van der Waals surface area contributed by atoms with Crippen LogP contribution in [0.1, 0.15) is 0 Å². The van der Waals surface area contributed by atoms with Crippen molar-refractivity contribution in [3.8, 4) is 33.4 Å². The average molecular weight is 499 g/mol. The number of nitrogens with one attached hydrogen (secondary N) is 1. The zero-order chi connectivity index (χ0) is 25.1. The van der Waals surface area contributed by atoms with E-state index in [9.17, 15) is 14.9 Å². The predicted octanol–water partition coefficient (Wildman–Crippen LogP) is 6.29. The summed E-state index contributed by atoms with van der Waals surface area (Å²) in [6.07, 6.45) is 0. The molecule has 2 aromatic heterocycles. The molecule has 0 bridgehead atoms. The molecule has 0 saturated carbocycles. The van der Waals surface area contributed by atoms with Gasteiger partial charge in [0.1, 0.15) is 5.75 Å². The van der Waals surface area contributed by atoms with Gasteiger partial charge in [0.2, 0.25) is 5.13 Å². The lowest BCUT2D eigenvalue weighted by Crippen LogP contribution is -2.13. The largest absolute Gasteiger partial charge is 0.497 e. The average Bonchev–Trinajstić information content (AvgIpc) is 3.53. The number of hydrogen-bond acceptors (Lipinski definition) is 8. The lowest BCUT2D eigenvalue weighted by atomic mass is 10.1. The molecule has 178 valence electrons. The number of benzene rings is 3. The van der Waals surface area contributed by atoms with Crippen molar-refractivity contribution in [3.05, 3.63) is 105 Å². The lowest BCUT2D eigenvalue weighted by molar-refractivity contribution is -0.384. The summed E-state index contributed by atoms with van der Waals surface area (Å²) in [5, 5.41) is 24.9. The summed E-state index contributed by atoms with van der Waals surface area (Å²) < 4.78 is 6.46. The van der Waals surface area contributed by atoms with Crippen LogP contribution in [0.25, 0.3) is 27.6 Å². The van der Waals surface area contributed by atoms with Crippen molar-refractivity contribution in [1.82, 2.24) is 14.8 Å². The Labute approximate surface area is 208 Å². The molecule has 5 rings (SSSR count). The van der Waals surface area contributed by atoms with Gasteiger partial charge in [-0.25, -0.2) is 4.98 Å². The molecule has 10 nitrogen and oxygen atoms in total. The van der Waals surface area contributed by atoms with Gasteiger partial charge in [-0.3, -0.25) is 20.0 Å². The number of methoxy groups -OCH3 is 1. The monoisotopic (exact) mass is 498 g/mol. The molecule has 0 atom stereocenters. The third-order valence-corrected chi connectivity index (χ3v) is 6.15. The van der Waals surface area contributed by atoms with Crippen molar-refractivity contribution >= 4 is 28.4 Å². The van der Waals surface area contributed by atoms with E-state index in [1.54, 1.807) is 43.5 Å². The molecule has 0 spiro atoms. The number of ether oxygens (including phenoxy) is 1. The van der Waals surface area contributed by atoms with E-state index in [1.807, 2.05) is 35.7 Å². The first-order valence-corrected chi connectivity index (χ1v) is 11.6. The van der Waals surface area contributed by atoms with Gasteiger partial charge < -0.3 is 4.74 Å². The third kappa shape index (κ3) is 4.55. The number of nitro benzene ring substituents is 1. The number of hydrogen-bond donors (Lipinski definition) is 1. The summed E-state index contributed by atoms with van der Waals surface area (Å²) in [5.74, 6) is 0.669. The van der Waals surface area contributed by atoms with E-state index in [-0.39, 0.29) is 11.4 Å². The Hall–Kier alpha value is -4.90. The number of aromatic amines is 1. The van der Waals surface area contributed by atoms with Gasteiger partial charge in [0, 0.05) is 28.6 Å². The lowest BCUT2D eigenvalue weighted by Gasteiger charge is -2.00. The number of aromatic nitrogens is 3. The fourth-order valence-corrected chi connectivity index (χ4v) is 4.26. The zero-order valence-electron chi connectivity index (χ0n) is 18.9. The molecule has 3 aromatic carbocycles. The number of rotatable bonds is 7. The number of nitro groups is 1. The minimum atomic E-state index is -0.483. The van der Waals surface area contributed by atoms with Gasteiger partial charge in [0.05, 0.1) is 29.1 Å². The van der Waals surface area contributed by atoms with E-state index in [4.69, 9.17) is 4.74 Å². The summed E-state index contributed by atoms with van der Waals surface area (Å²) in [5.41, 5.74) is 2.63. The van der Waals surface area contributed by atoms with Crippen LogP contribution < -0.4 is 10.3 Å². The smallest absolute Gasteiger partial charge is 0.301 e. The fraction of sp³-hybridized carbons (Fsp3) is 0.0400. The molecule has 1 N–H and O–H groups in total. The first-order chi connectivity index (χ1) is 17.5. The molecule has 0 amide bonds. The van der Waals surface area contributed by atoms with E-state index in [0.717, 1.165) is 11.3 Å². The number of azo groups is 1. The van der Waals surface area contributed by atoms with Crippen LogP contribution in [-0.2, 0) is 0 Å². The molecule has 2 heterocycles. The van der Waals surface area contributed by atoms with Crippen LogP contribution in [0.5, 0.6) is 5.75 Å². The quantitative estimate of drug-likeness (QED) is 0.160. The van der Waals surface area contributed by atoms with Crippen LogP contribution in [0, 0.1) is 10.1 Å². The molecule has 0 aliphatic carbocycles. The summed E-state index contributed by atoms with van der Waals surface area (Å²) >= 11 is 1.30. The Morgan fingerprint density at radius 2 is 1.69 bits per heavy atom. The Bertz CT molecular complexity index is 1600. The number of nitrogens with zero attached hydrogens (tertiary/aromatic N) is 5. The second-order valence-corrected chi connectivity index (χ2v) is 8.40. The molecular weight excluding hydrogens is 480 g/mol. The van der Waals surface area contributed by atoms with E-state index in [1.165, 1.54) is 28.2 Å². The van der Waals surface area contributed by atoms with Gasteiger partial charge in [-0.15, -0.1) is 16.5 Å². The Balaban J connectivity index is 1.59. The highest BCUT2D eigenvalue weighted by Crippen LogP contribution is 2.31. The van der Waals surface area contributed by atoms with Gasteiger partial charge in [0.25, 0.3) is 5.69 Å². The maximum absolute atomic E-state index is 13.4. The minimum absolute atomic E-state index is 0.0520. The van der Waals surface area contributed by atoms with E-state index in [0.29, 0.717) is 27.8 Å². The van der Waals surface area contributed by atoms with Crippen LogP contribution in [0.2, 0.25) is 0 Å².